The molecule has 1 heterocycles. The molecule has 3 rings (SSSR count). The summed E-state index contributed by atoms with van der Waals surface area (Å²) in [4.78, 5) is 0. The van der Waals surface area contributed by atoms with Crippen molar-refractivity contribution in [1.29, 1.82) is 0 Å². The SMILES string of the molecule is Cc1ccc(CNC2CC(c3ccccc3F)C2)o1. The number of rotatable bonds is 4. The Labute approximate surface area is 112 Å². The molecule has 3 heteroatoms. The van der Waals surface area contributed by atoms with Crippen molar-refractivity contribution in [3.05, 3.63) is 59.3 Å². The molecule has 100 valence electrons. The standard InChI is InChI=1S/C16H18FNO/c1-11-6-7-14(19-11)10-18-13-8-12(9-13)15-4-2-3-5-16(15)17/h2-7,12-13,18H,8-10H2,1H3. The molecule has 0 atom stereocenters. The van der Waals surface area contributed by atoms with Gasteiger partial charge in [0.25, 0.3) is 0 Å². The van der Waals surface area contributed by atoms with Crippen LogP contribution in [0.25, 0.3) is 0 Å². The van der Waals surface area contributed by atoms with Crippen molar-refractivity contribution in [1.82, 2.24) is 5.32 Å². The predicted molar refractivity (Wildman–Crippen MR) is 72.4 cm³/mol. The Morgan fingerprint density at radius 2 is 2.00 bits per heavy atom. The summed E-state index contributed by atoms with van der Waals surface area (Å²) >= 11 is 0. The Hall–Kier alpha value is -1.61. The van der Waals surface area contributed by atoms with Crippen LogP contribution in [0.4, 0.5) is 4.39 Å². The lowest BCUT2D eigenvalue weighted by Crippen LogP contribution is -2.39. The fourth-order valence-electron chi connectivity index (χ4n) is 2.67. The van der Waals surface area contributed by atoms with Crippen molar-refractivity contribution in [2.45, 2.75) is 38.3 Å². The first-order valence-electron chi connectivity index (χ1n) is 6.75. The molecule has 1 aromatic carbocycles. The van der Waals surface area contributed by atoms with Gasteiger partial charge in [0.05, 0.1) is 6.54 Å². The lowest BCUT2D eigenvalue weighted by atomic mass is 9.75. The van der Waals surface area contributed by atoms with Crippen molar-refractivity contribution in [3.8, 4) is 0 Å². The summed E-state index contributed by atoms with van der Waals surface area (Å²) in [5.74, 6) is 2.19. The first-order chi connectivity index (χ1) is 9.22. The maximum absolute atomic E-state index is 13.6. The topological polar surface area (TPSA) is 25.2 Å². The van der Waals surface area contributed by atoms with Crippen molar-refractivity contribution in [2.24, 2.45) is 0 Å². The zero-order valence-corrected chi connectivity index (χ0v) is 11.0. The lowest BCUT2D eigenvalue weighted by molar-refractivity contribution is 0.276. The molecule has 0 radical (unpaired) electrons. The van der Waals surface area contributed by atoms with Crippen LogP contribution in [-0.4, -0.2) is 6.04 Å². The van der Waals surface area contributed by atoms with Crippen LogP contribution in [0.2, 0.25) is 0 Å². The largest absolute Gasteiger partial charge is 0.465 e. The van der Waals surface area contributed by atoms with E-state index < -0.39 is 0 Å². The average molecular weight is 259 g/mol. The van der Waals surface area contributed by atoms with Gasteiger partial charge in [0.15, 0.2) is 0 Å². The molecule has 2 aromatic rings. The van der Waals surface area contributed by atoms with Gasteiger partial charge in [-0.05, 0) is 49.4 Å². The van der Waals surface area contributed by atoms with Gasteiger partial charge < -0.3 is 9.73 Å². The molecule has 0 unspecified atom stereocenters. The van der Waals surface area contributed by atoms with E-state index in [2.05, 4.69) is 5.32 Å². The van der Waals surface area contributed by atoms with Crippen molar-refractivity contribution >= 4 is 0 Å². The van der Waals surface area contributed by atoms with E-state index in [1.54, 1.807) is 12.1 Å². The van der Waals surface area contributed by atoms with Crippen LogP contribution in [0, 0.1) is 12.7 Å². The molecule has 1 aromatic heterocycles. The van der Waals surface area contributed by atoms with Crippen LogP contribution in [0.3, 0.4) is 0 Å². The minimum Gasteiger partial charge on any atom is -0.465 e. The van der Waals surface area contributed by atoms with Crippen molar-refractivity contribution in [2.75, 3.05) is 0 Å². The van der Waals surface area contributed by atoms with Gasteiger partial charge in [0.2, 0.25) is 0 Å². The Morgan fingerprint density at radius 1 is 1.21 bits per heavy atom. The maximum atomic E-state index is 13.6. The number of aryl methyl sites for hydroxylation is 1. The van der Waals surface area contributed by atoms with Gasteiger partial charge in [-0.2, -0.15) is 0 Å². The molecule has 0 bridgehead atoms. The highest BCUT2D eigenvalue weighted by molar-refractivity contribution is 5.24. The highest BCUT2D eigenvalue weighted by Crippen LogP contribution is 2.38. The first kappa shape index (κ1) is 12.4. The van der Waals surface area contributed by atoms with E-state index in [0.29, 0.717) is 12.0 Å². The van der Waals surface area contributed by atoms with Gasteiger partial charge in [0.1, 0.15) is 17.3 Å². The van der Waals surface area contributed by atoms with E-state index in [1.807, 2.05) is 31.2 Å². The Bertz CT molecular complexity index is 557. The maximum Gasteiger partial charge on any atom is 0.126 e. The summed E-state index contributed by atoms with van der Waals surface area (Å²) in [6.45, 7) is 2.70. The number of nitrogens with one attached hydrogen (secondary N) is 1. The van der Waals surface area contributed by atoms with Gasteiger partial charge in [-0.3, -0.25) is 0 Å². The monoisotopic (exact) mass is 259 g/mol. The molecule has 1 fully saturated rings. The number of furan rings is 1. The molecule has 1 saturated carbocycles. The van der Waals surface area contributed by atoms with Crippen molar-refractivity contribution < 1.29 is 8.81 Å². The summed E-state index contributed by atoms with van der Waals surface area (Å²) in [5.41, 5.74) is 0.856. The molecule has 2 nitrogen and oxygen atoms in total. The molecular weight excluding hydrogens is 241 g/mol. The fraction of sp³-hybridized carbons (Fsp3) is 0.375. The second kappa shape index (κ2) is 5.17. The summed E-state index contributed by atoms with van der Waals surface area (Å²) in [7, 11) is 0. The van der Waals surface area contributed by atoms with Gasteiger partial charge >= 0.3 is 0 Å². The molecule has 19 heavy (non-hydrogen) atoms. The lowest BCUT2D eigenvalue weighted by Gasteiger charge is -2.36. The highest BCUT2D eigenvalue weighted by Gasteiger charge is 2.31. The number of hydrogen-bond donors (Lipinski definition) is 1. The third kappa shape index (κ3) is 2.71. The minimum atomic E-state index is -0.0763. The highest BCUT2D eigenvalue weighted by atomic mass is 19.1. The van der Waals surface area contributed by atoms with Crippen LogP contribution in [-0.2, 0) is 6.54 Å². The molecule has 0 amide bonds. The summed E-state index contributed by atoms with van der Waals surface area (Å²) in [6, 6.07) is 11.5. The van der Waals surface area contributed by atoms with Gasteiger partial charge in [0, 0.05) is 6.04 Å². The van der Waals surface area contributed by atoms with E-state index in [0.717, 1.165) is 36.5 Å². The summed E-state index contributed by atoms with van der Waals surface area (Å²) in [6.07, 6.45) is 2.00. The summed E-state index contributed by atoms with van der Waals surface area (Å²) < 4.78 is 19.1. The second-order valence-electron chi connectivity index (χ2n) is 5.28. The third-order valence-corrected chi connectivity index (χ3v) is 3.84. The molecule has 0 aliphatic heterocycles. The summed E-state index contributed by atoms with van der Waals surface area (Å²) in [5, 5.41) is 3.45. The smallest absolute Gasteiger partial charge is 0.126 e. The predicted octanol–water partition coefficient (Wildman–Crippen LogP) is 3.76. The Morgan fingerprint density at radius 3 is 2.68 bits per heavy atom. The molecule has 0 saturated heterocycles. The van der Waals surface area contributed by atoms with Crippen LogP contribution in [0.15, 0.2) is 40.8 Å². The van der Waals surface area contributed by atoms with Crippen molar-refractivity contribution in [3.63, 3.8) is 0 Å². The van der Waals surface area contributed by atoms with E-state index in [9.17, 15) is 4.39 Å². The third-order valence-electron chi connectivity index (χ3n) is 3.84. The number of benzene rings is 1. The molecular formula is C16H18FNO. The zero-order chi connectivity index (χ0) is 13.2. The average Bonchev–Trinajstić information content (AvgIpc) is 2.75. The van der Waals surface area contributed by atoms with Crippen LogP contribution >= 0.6 is 0 Å². The van der Waals surface area contributed by atoms with Gasteiger partial charge in [-0.1, -0.05) is 18.2 Å². The first-order valence-corrected chi connectivity index (χ1v) is 6.75. The quantitative estimate of drug-likeness (QED) is 0.904. The van der Waals surface area contributed by atoms with Crippen LogP contribution < -0.4 is 5.32 Å². The molecule has 1 aliphatic rings. The number of halogens is 1. The van der Waals surface area contributed by atoms with Gasteiger partial charge in [-0.25, -0.2) is 4.39 Å². The minimum absolute atomic E-state index is 0.0763. The Balaban J connectivity index is 1.49. The van der Waals surface area contributed by atoms with Crippen LogP contribution in [0.5, 0.6) is 0 Å². The normalized spacial score (nSPS) is 22.2. The fourth-order valence-corrected chi connectivity index (χ4v) is 2.67. The second-order valence-corrected chi connectivity index (χ2v) is 5.28. The van der Waals surface area contributed by atoms with E-state index >= 15 is 0 Å². The van der Waals surface area contributed by atoms with E-state index in [1.165, 1.54) is 0 Å². The van der Waals surface area contributed by atoms with Crippen LogP contribution in [0.1, 0.15) is 35.8 Å². The molecule has 1 N–H and O–H groups in total. The number of hydrogen-bond acceptors (Lipinski definition) is 2. The molecule has 1 aliphatic carbocycles. The zero-order valence-electron chi connectivity index (χ0n) is 11.0. The van der Waals surface area contributed by atoms with E-state index in [-0.39, 0.29) is 5.82 Å². The molecule has 0 spiro atoms. The Kier molecular flexibility index (Phi) is 3.38. The van der Waals surface area contributed by atoms with E-state index in [4.69, 9.17) is 4.42 Å². The van der Waals surface area contributed by atoms with Gasteiger partial charge in [-0.15, -0.1) is 0 Å².